The monoisotopic (exact) mass is 440 g/mol. The first-order valence-corrected chi connectivity index (χ1v) is 11.1. The average molecular weight is 441 g/mol. The first kappa shape index (κ1) is 23.5. The van der Waals surface area contributed by atoms with Crippen LogP contribution in [0.3, 0.4) is 0 Å². The lowest BCUT2D eigenvalue weighted by atomic mass is 9.78. The maximum atomic E-state index is 12.5. The quantitative estimate of drug-likeness (QED) is 0.610. The van der Waals surface area contributed by atoms with Gasteiger partial charge >= 0.3 is 5.97 Å². The number of nitrogens with zero attached hydrogens (tertiary/aromatic N) is 2. The molecule has 8 heteroatoms. The molecule has 1 aromatic carbocycles. The van der Waals surface area contributed by atoms with Crippen molar-refractivity contribution in [3.63, 3.8) is 0 Å². The average Bonchev–Trinajstić information content (AvgIpc) is 3.15. The molecule has 1 fully saturated rings. The summed E-state index contributed by atoms with van der Waals surface area (Å²) in [7, 11) is 1.76. The van der Waals surface area contributed by atoms with E-state index >= 15 is 0 Å². The molecular weight excluding hydrogens is 408 g/mol. The number of aliphatic carboxylic acids is 1. The summed E-state index contributed by atoms with van der Waals surface area (Å²) in [5.41, 5.74) is 2.04. The van der Waals surface area contributed by atoms with E-state index in [-0.39, 0.29) is 17.7 Å². The van der Waals surface area contributed by atoms with E-state index in [9.17, 15) is 19.5 Å². The van der Waals surface area contributed by atoms with Gasteiger partial charge in [-0.2, -0.15) is 5.10 Å². The molecule has 0 bridgehead atoms. The topological polar surface area (TPSA) is 113 Å². The Labute approximate surface area is 188 Å². The van der Waals surface area contributed by atoms with Crippen LogP contribution in [0.5, 0.6) is 0 Å². The van der Waals surface area contributed by atoms with Gasteiger partial charge in [0.05, 0.1) is 5.69 Å². The van der Waals surface area contributed by atoms with Gasteiger partial charge in [0.25, 0.3) is 5.91 Å². The first-order valence-electron chi connectivity index (χ1n) is 11.1. The Morgan fingerprint density at radius 3 is 2.28 bits per heavy atom. The SMILES string of the molecule is CCc1cc(C(=O)Nc2ccc([C@H]3CC[C@@H](C(=O)NC(C)(C)C(=O)O)CC3)cc2)n(C)n1. The first-order chi connectivity index (χ1) is 15.1. The normalized spacial score (nSPS) is 18.8. The highest BCUT2D eigenvalue weighted by Crippen LogP contribution is 2.36. The number of carboxylic acids is 1. The molecule has 8 nitrogen and oxygen atoms in total. The summed E-state index contributed by atoms with van der Waals surface area (Å²) >= 11 is 0. The van der Waals surface area contributed by atoms with Crippen molar-refractivity contribution in [2.45, 2.75) is 64.3 Å². The lowest BCUT2D eigenvalue weighted by Gasteiger charge is -2.30. The molecule has 0 unspecified atom stereocenters. The molecule has 0 atom stereocenters. The van der Waals surface area contributed by atoms with Crippen LogP contribution in [-0.2, 0) is 23.1 Å². The molecule has 32 heavy (non-hydrogen) atoms. The van der Waals surface area contributed by atoms with Gasteiger partial charge in [0.1, 0.15) is 11.2 Å². The zero-order chi connectivity index (χ0) is 23.5. The number of anilines is 1. The zero-order valence-corrected chi connectivity index (χ0v) is 19.1. The van der Waals surface area contributed by atoms with Crippen molar-refractivity contribution >= 4 is 23.5 Å². The van der Waals surface area contributed by atoms with Gasteiger partial charge in [-0.3, -0.25) is 14.3 Å². The lowest BCUT2D eigenvalue weighted by molar-refractivity contribution is -0.146. The molecule has 2 aromatic rings. The van der Waals surface area contributed by atoms with Crippen molar-refractivity contribution in [1.29, 1.82) is 0 Å². The van der Waals surface area contributed by atoms with Gasteiger partial charge in [-0.1, -0.05) is 19.1 Å². The van der Waals surface area contributed by atoms with E-state index in [4.69, 9.17) is 0 Å². The van der Waals surface area contributed by atoms with Crippen LogP contribution in [0.4, 0.5) is 5.69 Å². The van der Waals surface area contributed by atoms with E-state index in [1.807, 2.05) is 31.2 Å². The number of aryl methyl sites for hydroxylation is 2. The molecule has 1 aromatic heterocycles. The summed E-state index contributed by atoms with van der Waals surface area (Å²) < 4.78 is 1.59. The summed E-state index contributed by atoms with van der Waals surface area (Å²) in [4.78, 5) is 36.2. The van der Waals surface area contributed by atoms with Crippen molar-refractivity contribution in [2.24, 2.45) is 13.0 Å². The molecule has 1 saturated carbocycles. The maximum absolute atomic E-state index is 12.5. The second-order valence-corrected chi connectivity index (χ2v) is 9.04. The third-order valence-corrected chi connectivity index (χ3v) is 6.23. The summed E-state index contributed by atoms with van der Waals surface area (Å²) in [6.07, 6.45) is 3.96. The van der Waals surface area contributed by atoms with Crippen molar-refractivity contribution in [2.75, 3.05) is 5.32 Å². The zero-order valence-electron chi connectivity index (χ0n) is 19.1. The number of rotatable bonds is 7. The number of hydrogen-bond donors (Lipinski definition) is 3. The van der Waals surface area contributed by atoms with Crippen LogP contribution in [0.2, 0.25) is 0 Å². The van der Waals surface area contributed by atoms with Gasteiger partial charge in [-0.05, 0) is 75.6 Å². The molecule has 2 amide bonds. The fourth-order valence-corrected chi connectivity index (χ4v) is 4.10. The van der Waals surface area contributed by atoms with Gasteiger partial charge in [0, 0.05) is 18.7 Å². The summed E-state index contributed by atoms with van der Waals surface area (Å²) in [5.74, 6) is -1.23. The Morgan fingerprint density at radius 1 is 1.12 bits per heavy atom. The van der Waals surface area contributed by atoms with Gasteiger partial charge in [0.2, 0.25) is 5.91 Å². The van der Waals surface area contributed by atoms with Crippen LogP contribution >= 0.6 is 0 Å². The molecule has 1 aliphatic carbocycles. The van der Waals surface area contributed by atoms with Gasteiger partial charge < -0.3 is 15.7 Å². The lowest BCUT2D eigenvalue weighted by Crippen LogP contribution is -2.51. The molecule has 1 heterocycles. The Balaban J connectivity index is 1.55. The van der Waals surface area contributed by atoms with E-state index < -0.39 is 11.5 Å². The van der Waals surface area contributed by atoms with Crippen LogP contribution in [0, 0.1) is 5.92 Å². The Kier molecular flexibility index (Phi) is 7.01. The van der Waals surface area contributed by atoms with Crippen LogP contribution in [0.25, 0.3) is 0 Å². The fourth-order valence-electron chi connectivity index (χ4n) is 4.10. The minimum Gasteiger partial charge on any atom is -0.480 e. The minimum atomic E-state index is -1.26. The minimum absolute atomic E-state index is 0.157. The highest BCUT2D eigenvalue weighted by atomic mass is 16.4. The summed E-state index contributed by atoms with van der Waals surface area (Å²) in [6.45, 7) is 4.99. The van der Waals surface area contributed by atoms with E-state index in [0.29, 0.717) is 11.6 Å². The largest absolute Gasteiger partial charge is 0.480 e. The molecule has 1 aliphatic rings. The van der Waals surface area contributed by atoms with Crippen LogP contribution in [-0.4, -0.2) is 38.2 Å². The Hall–Kier alpha value is -3.16. The second-order valence-electron chi connectivity index (χ2n) is 9.04. The van der Waals surface area contributed by atoms with Crippen molar-refractivity contribution in [1.82, 2.24) is 15.1 Å². The highest BCUT2D eigenvalue weighted by molar-refractivity contribution is 6.03. The summed E-state index contributed by atoms with van der Waals surface area (Å²) in [6, 6.07) is 9.65. The van der Waals surface area contributed by atoms with Gasteiger partial charge in [-0.15, -0.1) is 0 Å². The molecule has 0 saturated heterocycles. The number of hydrogen-bond acceptors (Lipinski definition) is 4. The molecule has 0 aliphatic heterocycles. The molecule has 0 radical (unpaired) electrons. The van der Waals surface area contributed by atoms with Crippen LogP contribution in [0.15, 0.2) is 30.3 Å². The number of amides is 2. The van der Waals surface area contributed by atoms with E-state index in [1.54, 1.807) is 17.8 Å². The van der Waals surface area contributed by atoms with Crippen molar-refractivity contribution in [3.05, 3.63) is 47.3 Å². The third-order valence-electron chi connectivity index (χ3n) is 6.23. The predicted octanol–water partition coefficient (Wildman–Crippen LogP) is 3.49. The van der Waals surface area contributed by atoms with Crippen molar-refractivity contribution in [3.8, 4) is 0 Å². The molecule has 0 spiro atoms. The van der Waals surface area contributed by atoms with Crippen molar-refractivity contribution < 1.29 is 19.5 Å². The highest BCUT2D eigenvalue weighted by Gasteiger charge is 2.33. The number of aromatic nitrogens is 2. The standard InChI is InChI=1S/C24H32N4O4/c1-5-18-14-20(28(4)27-18)22(30)25-19-12-10-16(11-13-19)15-6-8-17(9-7-15)21(29)26-24(2,3)23(31)32/h10-15,17H,5-9H2,1-4H3,(H,25,30)(H,26,29)(H,31,32)/t15-,17+. The Bertz CT molecular complexity index is 986. The molecule has 172 valence electrons. The predicted molar refractivity (Wildman–Crippen MR) is 122 cm³/mol. The molecule has 3 rings (SSSR count). The fraction of sp³-hybridized carbons (Fsp3) is 0.500. The molecular formula is C24H32N4O4. The third kappa shape index (κ3) is 5.36. The number of benzene rings is 1. The van der Waals surface area contributed by atoms with Gasteiger partial charge in [-0.25, -0.2) is 4.79 Å². The Morgan fingerprint density at radius 2 is 1.75 bits per heavy atom. The smallest absolute Gasteiger partial charge is 0.328 e. The van der Waals surface area contributed by atoms with E-state index in [2.05, 4.69) is 15.7 Å². The van der Waals surface area contributed by atoms with Gasteiger partial charge in [0.15, 0.2) is 0 Å². The maximum Gasteiger partial charge on any atom is 0.328 e. The summed E-state index contributed by atoms with van der Waals surface area (Å²) in [5, 5.41) is 19.1. The van der Waals surface area contributed by atoms with Crippen LogP contribution in [0.1, 0.15) is 74.1 Å². The number of carboxylic acid groups (broad SMARTS) is 1. The van der Waals surface area contributed by atoms with E-state index in [0.717, 1.165) is 43.5 Å². The number of carbonyl (C=O) groups excluding carboxylic acids is 2. The van der Waals surface area contributed by atoms with E-state index in [1.165, 1.54) is 19.4 Å². The molecule has 3 N–H and O–H groups in total. The second kappa shape index (κ2) is 9.54. The number of nitrogens with one attached hydrogen (secondary N) is 2. The van der Waals surface area contributed by atoms with Crippen LogP contribution < -0.4 is 10.6 Å². The number of carbonyl (C=O) groups is 3.